The molecule has 1 aliphatic heterocycles. The molecule has 5 rings (SSSR count). The van der Waals surface area contributed by atoms with Crippen LogP contribution in [-0.2, 0) is 19.8 Å². The minimum Gasteiger partial charge on any atom is -0.370 e. The van der Waals surface area contributed by atoms with Gasteiger partial charge in [0, 0.05) is 62.1 Å². The third-order valence-electron chi connectivity index (χ3n) is 7.20. The largest absolute Gasteiger partial charge is 0.428 e. The molecule has 0 radical (unpaired) electrons. The summed E-state index contributed by atoms with van der Waals surface area (Å²) in [5, 5.41) is 24.5. The van der Waals surface area contributed by atoms with Gasteiger partial charge in [0.1, 0.15) is 11.5 Å². The van der Waals surface area contributed by atoms with Gasteiger partial charge in [0.2, 0.25) is 6.23 Å². The first-order valence-corrected chi connectivity index (χ1v) is 12.5. The first-order chi connectivity index (χ1) is 19.3. The van der Waals surface area contributed by atoms with Crippen LogP contribution in [0.3, 0.4) is 0 Å². The lowest BCUT2D eigenvalue weighted by atomic mass is 9.99. The summed E-state index contributed by atoms with van der Waals surface area (Å²) < 4.78 is 96.8. The molecule has 4 aromatic rings. The molecule has 41 heavy (non-hydrogen) atoms. The van der Waals surface area contributed by atoms with Crippen molar-refractivity contribution in [3.63, 3.8) is 0 Å². The van der Waals surface area contributed by atoms with Crippen molar-refractivity contribution < 1.29 is 35.8 Å². The van der Waals surface area contributed by atoms with Crippen LogP contribution in [0.5, 0.6) is 0 Å². The minimum atomic E-state index is -5.12. The fourth-order valence-corrected chi connectivity index (χ4v) is 5.17. The molecule has 218 valence electrons. The zero-order chi connectivity index (χ0) is 29.5. The SMILES string of the molecule is Cn1nccc1-c1nnc(N2CCC(N(Cc3ccc(F)cc3C(F)(F)F)C(O)C(F)(F)F)CC2)c2cnccc12. The Morgan fingerprint density at radius 2 is 1.73 bits per heavy atom. The van der Waals surface area contributed by atoms with E-state index in [2.05, 4.69) is 20.3 Å². The summed E-state index contributed by atoms with van der Waals surface area (Å²) in [5.41, 5.74) is -0.676. The summed E-state index contributed by atoms with van der Waals surface area (Å²) in [6, 6.07) is 4.40. The molecule has 0 saturated carbocycles. The van der Waals surface area contributed by atoms with Crippen molar-refractivity contribution in [2.75, 3.05) is 18.0 Å². The standard InChI is InChI=1S/C26H24F7N7O/c1-38-21(5-9-35-38)22-18-4-8-34-13-19(18)23(37-36-22)39-10-6-17(7-11-39)40(24(41)26(31,32)33)14-15-2-3-16(27)12-20(15)25(28,29)30/h2-5,8-9,12-13,17,24,41H,6-7,10-11,14H2,1H3. The van der Waals surface area contributed by atoms with E-state index in [1.807, 2.05) is 4.90 Å². The van der Waals surface area contributed by atoms with Gasteiger partial charge in [-0.1, -0.05) is 6.07 Å². The average Bonchev–Trinajstić information content (AvgIpc) is 3.36. The topological polar surface area (TPSA) is 83.2 Å². The zero-order valence-electron chi connectivity index (χ0n) is 21.5. The van der Waals surface area contributed by atoms with E-state index in [9.17, 15) is 35.8 Å². The maximum atomic E-state index is 13.6. The van der Waals surface area contributed by atoms with Crippen LogP contribution in [0.25, 0.3) is 22.2 Å². The van der Waals surface area contributed by atoms with Crippen molar-refractivity contribution in [1.82, 2.24) is 29.9 Å². The molecule has 0 bridgehead atoms. The van der Waals surface area contributed by atoms with Crippen molar-refractivity contribution in [2.45, 2.75) is 44.0 Å². The van der Waals surface area contributed by atoms with Crippen LogP contribution >= 0.6 is 0 Å². The van der Waals surface area contributed by atoms with E-state index >= 15 is 0 Å². The number of alkyl halides is 6. The summed E-state index contributed by atoms with van der Waals surface area (Å²) in [5.74, 6) is -0.715. The number of nitrogens with zero attached hydrogens (tertiary/aromatic N) is 7. The second-order valence-electron chi connectivity index (χ2n) is 9.74. The summed E-state index contributed by atoms with van der Waals surface area (Å²) in [6.07, 6.45) is -8.17. The number of anilines is 1. The van der Waals surface area contributed by atoms with E-state index in [1.54, 1.807) is 42.5 Å². The molecule has 1 atom stereocenters. The Labute approximate surface area is 229 Å². The molecule has 0 spiro atoms. The van der Waals surface area contributed by atoms with E-state index in [-0.39, 0.29) is 32.0 Å². The lowest BCUT2D eigenvalue weighted by Crippen LogP contribution is -2.53. The third-order valence-corrected chi connectivity index (χ3v) is 7.20. The highest BCUT2D eigenvalue weighted by Gasteiger charge is 2.46. The molecule has 8 nitrogen and oxygen atoms in total. The lowest BCUT2D eigenvalue weighted by Gasteiger charge is -2.41. The van der Waals surface area contributed by atoms with Gasteiger partial charge in [0.15, 0.2) is 5.82 Å². The van der Waals surface area contributed by atoms with Gasteiger partial charge in [-0.15, -0.1) is 10.2 Å². The number of aliphatic hydroxyl groups is 1. The average molecular weight is 584 g/mol. The highest BCUT2D eigenvalue weighted by Crippen LogP contribution is 2.37. The van der Waals surface area contributed by atoms with Gasteiger partial charge in [-0.05, 0) is 42.7 Å². The second-order valence-corrected chi connectivity index (χ2v) is 9.74. The van der Waals surface area contributed by atoms with Gasteiger partial charge in [0.05, 0.1) is 11.3 Å². The number of aryl methyl sites for hydroxylation is 1. The van der Waals surface area contributed by atoms with Crippen LogP contribution in [-0.4, -0.2) is 66.5 Å². The Hall–Kier alpha value is -3.85. The molecule has 0 aliphatic carbocycles. The minimum absolute atomic E-state index is 0.0720. The van der Waals surface area contributed by atoms with Crippen LogP contribution in [0.1, 0.15) is 24.0 Å². The first kappa shape index (κ1) is 28.7. The van der Waals surface area contributed by atoms with Crippen LogP contribution < -0.4 is 4.90 Å². The second kappa shape index (κ2) is 10.9. The number of piperidine rings is 1. The predicted octanol–water partition coefficient (Wildman–Crippen LogP) is 4.93. The monoisotopic (exact) mass is 583 g/mol. The van der Waals surface area contributed by atoms with Crippen molar-refractivity contribution in [3.8, 4) is 11.4 Å². The third kappa shape index (κ3) is 5.81. The van der Waals surface area contributed by atoms with Crippen molar-refractivity contribution in [3.05, 3.63) is 65.9 Å². The maximum absolute atomic E-state index is 13.6. The highest BCUT2D eigenvalue weighted by molar-refractivity contribution is 5.99. The fourth-order valence-electron chi connectivity index (χ4n) is 5.17. The van der Waals surface area contributed by atoms with E-state index in [0.717, 1.165) is 23.2 Å². The molecule has 1 aliphatic rings. The number of pyridine rings is 1. The molecule has 3 aromatic heterocycles. The molecular weight excluding hydrogens is 559 g/mol. The summed E-state index contributed by atoms with van der Waals surface area (Å²) in [7, 11) is 1.76. The Balaban J connectivity index is 1.42. The van der Waals surface area contributed by atoms with Crippen LogP contribution in [0.2, 0.25) is 0 Å². The van der Waals surface area contributed by atoms with Crippen molar-refractivity contribution in [2.24, 2.45) is 7.05 Å². The Morgan fingerprint density at radius 3 is 2.37 bits per heavy atom. The van der Waals surface area contributed by atoms with Crippen molar-refractivity contribution in [1.29, 1.82) is 0 Å². The van der Waals surface area contributed by atoms with Crippen LogP contribution in [0.15, 0.2) is 48.9 Å². The zero-order valence-corrected chi connectivity index (χ0v) is 21.5. The molecule has 1 N–H and O–H groups in total. The van der Waals surface area contributed by atoms with Gasteiger partial charge in [-0.2, -0.15) is 31.4 Å². The van der Waals surface area contributed by atoms with E-state index < -0.39 is 48.1 Å². The number of benzene rings is 1. The van der Waals surface area contributed by atoms with E-state index in [1.165, 1.54) is 0 Å². The summed E-state index contributed by atoms with van der Waals surface area (Å²) >= 11 is 0. The van der Waals surface area contributed by atoms with Crippen molar-refractivity contribution >= 4 is 16.6 Å². The Kier molecular flexibility index (Phi) is 7.59. The van der Waals surface area contributed by atoms with E-state index in [0.29, 0.717) is 21.8 Å². The van der Waals surface area contributed by atoms with Crippen LogP contribution in [0.4, 0.5) is 36.6 Å². The smallest absolute Gasteiger partial charge is 0.370 e. The number of rotatable bonds is 6. The quantitative estimate of drug-likeness (QED) is 0.255. The van der Waals surface area contributed by atoms with Gasteiger partial charge in [0.25, 0.3) is 0 Å². The first-order valence-electron chi connectivity index (χ1n) is 12.5. The van der Waals surface area contributed by atoms with E-state index in [4.69, 9.17) is 0 Å². The number of aromatic nitrogens is 5. The van der Waals surface area contributed by atoms with Gasteiger partial charge in [-0.25, -0.2) is 4.39 Å². The number of hydrogen-bond donors (Lipinski definition) is 1. The molecule has 1 saturated heterocycles. The molecule has 4 heterocycles. The van der Waals surface area contributed by atoms with Gasteiger partial charge in [-0.3, -0.25) is 14.6 Å². The molecule has 1 unspecified atom stereocenters. The molecule has 1 fully saturated rings. The Bertz CT molecular complexity index is 1530. The molecule has 15 heteroatoms. The normalized spacial score (nSPS) is 16.1. The fraction of sp³-hybridized carbons (Fsp3) is 0.385. The van der Waals surface area contributed by atoms with Gasteiger partial charge >= 0.3 is 12.4 Å². The number of aliphatic hydroxyl groups excluding tert-OH is 1. The molecular formula is C26H24F7N7O. The lowest BCUT2D eigenvalue weighted by molar-refractivity contribution is -0.259. The van der Waals surface area contributed by atoms with Gasteiger partial charge < -0.3 is 10.0 Å². The number of hydrogen-bond acceptors (Lipinski definition) is 7. The molecule has 1 aromatic carbocycles. The number of halogens is 7. The molecule has 0 amide bonds. The Morgan fingerprint density at radius 1 is 1.00 bits per heavy atom. The summed E-state index contributed by atoms with van der Waals surface area (Å²) in [6.45, 7) is -0.511. The number of fused-ring (bicyclic) bond motifs is 1. The predicted molar refractivity (Wildman–Crippen MR) is 134 cm³/mol. The van der Waals surface area contributed by atoms with Crippen LogP contribution in [0, 0.1) is 5.82 Å². The maximum Gasteiger partial charge on any atom is 0.428 e. The highest BCUT2D eigenvalue weighted by atomic mass is 19.4. The summed E-state index contributed by atoms with van der Waals surface area (Å²) in [4.78, 5) is 6.60.